The van der Waals surface area contributed by atoms with E-state index in [0.29, 0.717) is 12.3 Å². The van der Waals surface area contributed by atoms with Gasteiger partial charge in [0.1, 0.15) is 0 Å². The van der Waals surface area contributed by atoms with E-state index in [1.807, 2.05) is 36.4 Å². The lowest BCUT2D eigenvalue weighted by Crippen LogP contribution is -2.10. The lowest BCUT2D eigenvalue weighted by molar-refractivity contribution is -0.141. The highest BCUT2D eigenvalue weighted by Gasteiger charge is 2.09. The molecule has 2 rings (SSSR count). The largest absolute Gasteiger partial charge is 0.466 e. The zero-order valence-electron chi connectivity index (χ0n) is 9.64. The van der Waals surface area contributed by atoms with Crippen LogP contribution >= 0.6 is 0 Å². The van der Waals surface area contributed by atoms with Crippen LogP contribution in [0, 0.1) is 0 Å². The van der Waals surface area contributed by atoms with Gasteiger partial charge in [0.25, 0.3) is 0 Å². The van der Waals surface area contributed by atoms with Crippen molar-refractivity contribution >= 4 is 23.4 Å². The van der Waals surface area contributed by atoms with Gasteiger partial charge in [0, 0.05) is 0 Å². The monoisotopic (exact) mass is 230 g/mol. The molecule has 0 fully saturated rings. The summed E-state index contributed by atoms with van der Waals surface area (Å²) < 4.78 is 4.88. The number of carbonyl (C=O) groups is 1. The van der Waals surface area contributed by atoms with E-state index < -0.39 is 0 Å². The number of hydrazone groups is 1. The van der Waals surface area contributed by atoms with Gasteiger partial charge in [-0.05, 0) is 24.6 Å². The van der Waals surface area contributed by atoms with E-state index in [1.165, 1.54) is 0 Å². The molecule has 1 aromatic carbocycles. The molecule has 0 bridgehead atoms. The van der Waals surface area contributed by atoms with Gasteiger partial charge < -0.3 is 4.74 Å². The first-order valence-electron chi connectivity index (χ1n) is 5.55. The number of esters is 1. The maximum atomic E-state index is 11.3. The fourth-order valence-corrected chi connectivity index (χ4v) is 1.56. The molecule has 1 aliphatic rings. The first-order chi connectivity index (χ1) is 8.29. The van der Waals surface area contributed by atoms with Crippen LogP contribution < -0.4 is 5.43 Å². The van der Waals surface area contributed by atoms with E-state index in [1.54, 1.807) is 6.92 Å². The van der Waals surface area contributed by atoms with Crippen molar-refractivity contribution in [3.8, 4) is 0 Å². The lowest BCUT2D eigenvalue weighted by Gasteiger charge is -2.03. The van der Waals surface area contributed by atoms with Crippen LogP contribution in [-0.4, -0.2) is 18.3 Å². The van der Waals surface area contributed by atoms with E-state index in [0.717, 1.165) is 11.3 Å². The van der Waals surface area contributed by atoms with Crippen molar-refractivity contribution in [1.82, 2.24) is 0 Å². The number of para-hydroxylation sites is 1. The molecule has 0 atom stereocenters. The highest BCUT2D eigenvalue weighted by molar-refractivity contribution is 6.08. The van der Waals surface area contributed by atoms with Gasteiger partial charge in [0.05, 0.1) is 24.4 Å². The molecule has 0 saturated heterocycles. The molecule has 0 saturated carbocycles. The summed E-state index contributed by atoms with van der Waals surface area (Å²) in [6, 6.07) is 7.82. The van der Waals surface area contributed by atoms with Crippen LogP contribution in [-0.2, 0) is 9.53 Å². The number of nitrogens with zero attached hydrogens (tertiary/aromatic N) is 1. The third-order valence-corrected chi connectivity index (χ3v) is 2.37. The summed E-state index contributed by atoms with van der Waals surface area (Å²) >= 11 is 0. The number of hydrogen-bond donors (Lipinski definition) is 1. The second kappa shape index (κ2) is 5.30. The normalized spacial score (nSPS) is 13.1. The molecule has 0 aromatic heterocycles. The van der Waals surface area contributed by atoms with E-state index in [9.17, 15) is 4.79 Å². The van der Waals surface area contributed by atoms with Crippen LogP contribution in [0.3, 0.4) is 0 Å². The Labute approximate surface area is 100.0 Å². The number of nitrogens with one attached hydrogen (secondary N) is 1. The molecule has 17 heavy (non-hydrogen) atoms. The molecule has 88 valence electrons. The van der Waals surface area contributed by atoms with Crippen molar-refractivity contribution in [1.29, 1.82) is 0 Å². The van der Waals surface area contributed by atoms with Crippen molar-refractivity contribution < 1.29 is 9.53 Å². The Balaban J connectivity index is 2.09. The molecular weight excluding hydrogens is 216 g/mol. The molecule has 4 nitrogen and oxygen atoms in total. The topological polar surface area (TPSA) is 50.7 Å². The number of hydrogen-bond acceptors (Lipinski definition) is 4. The number of benzene rings is 1. The smallest absolute Gasteiger partial charge is 0.311 e. The van der Waals surface area contributed by atoms with Crippen molar-refractivity contribution in [2.24, 2.45) is 5.10 Å². The summed E-state index contributed by atoms with van der Waals surface area (Å²) in [5.41, 5.74) is 5.59. The molecule has 1 N–H and O–H groups in total. The highest BCUT2D eigenvalue weighted by atomic mass is 16.5. The average molecular weight is 230 g/mol. The van der Waals surface area contributed by atoms with E-state index in [4.69, 9.17) is 4.74 Å². The van der Waals surface area contributed by atoms with Crippen molar-refractivity contribution in [2.45, 2.75) is 13.3 Å². The molecule has 0 radical (unpaired) electrons. The Morgan fingerprint density at radius 2 is 2.18 bits per heavy atom. The molecule has 0 amide bonds. The zero-order valence-corrected chi connectivity index (χ0v) is 9.64. The molecule has 1 heterocycles. The van der Waals surface area contributed by atoms with Crippen molar-refractivity contribution in [2.75, 3.05) is 12.0 Å². The van der Waals surface area contributed by atoms with Gasteiger partial charge in [0.15, 0.2) is 0 Å². The maximum Gasteiger partial charge on any atom is 0.311 e. The summed E-state index contributed by atoms with van der Waals surface area (Å²) in [5.74, 6) is -0.261. The summed E-state index contributed by atoms with van der Waals surface area (Å²) in [4.78, 5) is 11.3. The standard InChI is InChI=1S/C13H14N2O2/c1-2-17-13(16)9-11-8-7-10-5-3-4-6-12(10)15-14-11/h3-8,15H,2,9H2,1H3. The molecule has 0 aliphatic carbocycles. The first-order valence-corrected chi connectivity index (χ1v) is 5.55. The van der Waals surface area contributed by atoms with E-state index >= 15 is 0 Å². The van der Waals surface area contributed by atoms with Crippen molar-refractivity contribution in [3.63, 3.8) is 0 Å². The molecule has 0 spiro atoms. The van der Waals surface area contributed by atoms with Crippen LogP contribution in [0.2, 0.25) is 0 Å². The number of ether oxygens (including phenoxy) is 1. The summed E-state index contributed by atoms with van der Waals surface area (Å²) in [5, 5.41) is 4.17. The average Bonchev–Trinajstić information content (AvgIpc) is 2.53. The fourth-order valence-electron chi connectivity index (χ4n) is 1.56. The maximum absolute atomic E-state index is 11.3. The first kappa shape index (κ1) is 11.4. The summed E-state index contributed by atoms with van der Waals surface area (Å²) in [6.07, 6.45) is 3.95. The predicted molar refractivity (Wildman–Crippen MR) is 67.8 cm³/mol. The number of anilines is 1. The van der Waals surface area contributed by atoms with Crippen LogP contribution in [0.25, 0.3) is 6.08 Å². The van der Waals surface area contributed by atoms with Gasteiger partial charge in [-0.25, -0.2) is 0 Å². The van der Waals surface area contributed by atoms with Gasteiger partial charge in [-0.15, -0.1) is 0 Å². The second-order valence-electron chi connectivity index (χ2n) is 3.62. The Hall–Kier alpha value is -2.10. The van der Waals surface area contributed by atoms with E-state index in [2.05, 4.69) is 10.5 Å². The molecule has 1 aromatic rings. The Kier molecular flexibility index (Phi) is 3.55. The second-order valence-corrected chi connectivity index (χ2v) is 3.62. The predicted octanol–water partition coefficient (Wildman–Crippen LogP) is 2.43. The van der Waals surface area contributed by atoms with E-state index in [-0.39, 0.29) is 12.4 Å². The third-order valence-electron chi connectivity index (χ3n) is 2.37. The van der Waals surface area contributed by atoms with Gasteiger partial charge in [-0.1, -0.05) is 24.3 Å². The highest BCUT2D eigenvalue weighted by Crippen LogP contribution is 2.19. The third kappa shape index (κ3) is 2.93. The van der Waals surface area contributed by atoms with Crippen LogP contribution in [0.1, 0.15) is 18.9 Å². The lowest BCUT2D eigenvalue weighted by atomic mass is 10.1. The van der Waals surface area contributed by atoms with Crippen LogP contribution in [0.15, 0.2) is 35.4 Å². The molecular formula is C13H14N2O2. The van der Waals surface area contributed by atoms with Crippen molar-refractivity contribution in [3.05, 3.63) is 35.9 Å². The molecule has 1 aliphatic heterocycles. The minimum atomic E-state index is -0.261. The van der Waals surface area contributed by atoms with Gasteiger partial charge in [0.2, 0.25) is 0 Å². The van der Waals surface area contributed by atoms with Crippen LogP contribution in [0.5, 0.6) is 0 Å². The Morgan fingerprint density at radius 3 is 3.00 bits per heavy atom. The van der Waals surface area contributed by atoms with Gasteiger partial charge in [-0.2, -0.15) is 5.10 Å². The summed E-state index contributed by atoms with van der Waals surface area (Å²) in [6.45, 7) is 2.18. The molecule has 4 heteroatoms. The number of rotatable bonds is 3. The molecule has 0 unspecified atom stereocenters. The SMILES string of the molecule is CCOC(=O)CC1=NNc2ccccc2C=C1. The zero-order chi connectivity index (χ0) is 12.1. The minimum absolute atomic E-state index is 0.186. The van der Waals surface area contributed by atoms with Gasteiger partial charge >= 0.3 is 5.97 Å². The number of carbonyl (C=O) groups excluding carboxylic acids is 1. The van der Waals surface area contributed by atoms with Gasteiger partial charge in [-0.3, -0.25) is 10.2 Å². The Bertz CT molecular complexity index is 478. The Morgan fingerprint density at radius 1 is 1.35 bits per heavy atom. The minimum Gasteiger partial charge on any atom is -0.466 e. The number of allylic oxidation sites excluding steroid dienone is 1. The van der Waals surface area contributed by atoms with Crippen LogP contribution in [0.4, 0.5) is 5.69 Å². The summed E-state index contributed by atoms with van der Waals surface area (Å²) in [7, 11) is 0. The fraction of sp³-hybridized carbons (Fsp3) is 0.231. The number of fused-ring (bicyclic) bond motifs is 1. The quantitative estimate of drug-likeness (QED) is 0.811.